The van der Waals surface area contributed by atoms with Crippen LogP contribution in [0.3, 0.4) is 0 Å². The third-order valence-electron chi connectivity index (χ3n) is 3.13. The standard InChI is InChI=1S/C16H19ClN2O2/c1-3-21-15(20)6-7-18-10-13-9-12-5-4-11(2)8-14(12)19-16(13)17/h4-5,8-9,18H,3,6-7,10H2,1-2H3. The number of ether oxygens (including phenoxy) is 1. The van der Waals surface area contributed by atoms with Gasteiger partial charge in [0.25, 0.3) is 0 Å². The maximum absolute atomic E-state index is 11.2. The van der Waals surface area contributed by atoms with E-state index >= 15 is 0 Å². The molecule has 0 radical (unpaired) electrons. The average Bonchev–Trinajstić information content (AvgIpc) is 2.44. The summed E-state index contributed by atoms with van der Waals surface area (Å²) in [6, 6.07) is 8.13. The molecule has 2 aromatic rings. The third-order valence-corrected chi connectivity index (χ3v) is 3.45. The fourth-order valence-corrected chi connectivity index (χ4v) is 2.28. The Labute approximate surface area is 129 Å². The number of hydrogen-bond donors (Lipinski definition) is 1. The second-order valence-corrected chi connectivity index (χ2v) is 5.22. The van der Waals surface area contributed by atoms with Crippen molar-refractivity contribution >= 4 is 28.5 Å². The number of rotatable bonds is 6. The number of hydrogen-bond acceptors (Lipinski definition) is 4. The Morgan fingerprint density at radius 2 is 2.19 bits per heavy atom. The zero-order valence-corrected chi connectivity index (χ0v) is 13.0. The fourth-order valence-electron chi connectivity index (χ4n) is 2.07. The van der Waals surface area contributed by atoms with E-state index in [-0.39, 0.29) is 5.97 Å². The van der Waals surface area contributed by atoms with Gasteiger partial charge in [-0.3, -0.25) is 4.79 Å². The number of carbonyl (C=O) groups is 1. The summed E-state index contributed by atoms with van der Waals surface area (Å²) in [6.07, 6.45) is 0.353. The number of aromatic nitrogens is 1. The molecule has 1 aromatic carbocycles. The number of benzene rings is 1. The van der Waals surface area contributed by atoms with Gasteiger partial charge in [0.05, 0.1) is 18.5 Å². The highest BCUT2D eigenvalue weighted by Gasteiger charge is 2.06. The number of fused-ring (bicyclic) bond motifs is 1. The van der Waals surface area contributed by atoms with E-state index in [2.05, 4.69) is 16.4 Å². The van der Waals surface area contributed by atoms with E-state index in [1.807, 2.05) is 25.1 Å². The lowest BCUT2D eigenvalue weighted by Gasteiger charge is -2.08. The van der Waals surface area contributed by atoms with Crippen LogP contribution in [0.1, 0.15) is 24.5 Å². The summed E-state index contributed by atoms with van der Waals surface area (Å²) in [6.45, 7) is 5.38. The van der Waals surface area contributed by atoms with Gasteiger partial charge in [0.15, 0.2) is 0 Å². The summed E-state index contributed by atoms with van der Waals surface area (Å²) >= 11 is 6.20. The molecule has 0 saturated carbocycles. The van der Waals surface area contributed by atoms with E-state index in [1.165, 1.54) is 0 Å². The van der Waals surface area contributed by atoms with Crippen molar-refractivity contribution in [1.82, 2.24) is 10.3 Å². The van der Waals surface area contributed by atoms with Gasteiger partial charge in [-0.1, -0.05) is 23.7 Å². The first-order valence-corrected chi connectivity index (χ1v) is 7.40. The van der Waals surface area contributed by atoms with Gasteiger partial charge in [-0.05, 0) is 31.5 Å². The quantitative estimate of drug-likeness (QED) is 0.506. The summed E-state index contributed by atoms with van der Waals surface area (Å²) in [5.74, 6) is -0.191. The molecule has 0 atom stereocenters. The van der Waals surface area contributed by atoms with E-state index in [0.717, 1.165) is 22.0 Å². The highest BCUT2D eigenvalue weighted by molar-refractivity contribution is 6.30. The van der Waals surface area contributed by atoms with E-state index in [9.17, 15) is 4.79 Å². The van der Waals surface area contributed by atoms with Crippen molar-refractivity contribution in [1.29, 1.82) is 0 Å². The van der Waals surface area contributed by atoms with Gasteiger partial charge in [-0.15, -0.1) is 0 Å². The molecule has 112 valence electrons. The number of pyridine rings is 1. The van der Waals surface area contributed by atoms with Crippen LogP contribution in [0.25, 0.3) is 10.9 Å². The summed E-state index contributed by atoms with van der Waals surface area (Å²) in [7, 11) is 0. The van der Waals surface area contributed by atoms with Gasteiger partial charge >= 0.3 is 5.97 Å². The molecule has 0 aliphatic carbocycles. The molecule has 1 N–H and O–H groups in total. The average molecular weight is 307 g/mol. The largest absolute Gasteiger partial charge is 0.466 e. The van der Waals surface area contributed by atoms with Crippen LogP contribution in [0, 0.1) is 6.92 Å². The summed E-state index contributed by atoms with van der Waals surface area (Å²) in [5, 5.41) is 4.74. The van der Waals surface area contributed by atoms with Crippen LogP contribution in [0.5, 0.6) is 0 Å². The van der Waals surface area contributed by atoms with Crippen molar-refractivity contribution in [3.05, 3.63) is 40.5 Å². The van der Waals surface area contributed by atoms with Crippen LogP contribution in [-0.2, 0) is 16.1 Å². The number of nitrogens with zero attached hydrogens (tertiary/aromatic N) is 1. The van der Waals surface area contributed by atoms with E-state index in [4.69, 9.17) is 16.3 Å². The predicted octanol–water partition coefficient (Wildman–Crippen LogP) is 3.24. The third kappa shape index (κ3) is 4.41. The fraction of sp³-hybridized carbons (Fsp3) is 0.375. The van der Waals surface area contributed by atoms with Crippen LogP contribution in [-0.4, -0.2) is 24.1 Å². The second kappa shape index (κ2) is 7.38. The molecule has 0 spiro atoms. The minimum Gasteiger partial charge on any atom is -0.466 e. The van der Waals surface area contributed by atoms with E-state index in [0.29, 0.717) is 31.3 Å². The van der Waals surface area contributed by atoms with Crippen molar-refractivity contribution in [3.8, 4) is 0 Å². The van der Waals surface area contributed by atoms with Crippen molar-refractivity contribution in [3.63, 3.8) is 0 Å². The highest BCUT2D eigenvalue weighted by Crippen LogP contribution is 2.21. The Kier molecular flexibility index (Phi) is 5.53. The molecule has 0 aliphatic rings. The molecule has 1 heterocycles. The maximum Gasteiger partial charge on any atom is 0.307 e. The van der Waals surface area contributed by atoms with Crippen molar-refractivity contribution in [2.45, 2.75) is 26.8 Å². The molecular formula is C16H19ClN2O2. The summed E-state index contributed by atoms with van der Waals surface area (Å²) in [5.41, 5.74) is 2.98. The van der Waals surface area contributed by atoms with Gasteiger partial charge in [0.2, 0.25) is 0 Å². The van der Waals surface area contributed by atoms with Gasteiger partial charge in [-0.2, -0.15) is 0 Å². The molecule has 0 aliphatic heterocycles. The van der Waals surface area contributed by atoms with E-state index in [1.54, 1.807) is 6.92 Å². The first kappa shape index (κ1) is 15.7. The number of esters is 1. The van der Waals surface area contributed by atoms with Crippen LogP contribution < -0.4 is 5.32 Å². The Morgan fingerprint density at radius 3 is 2.95 bits per heavy atom. The van der Waals surface area contributed by atoms with Crippen molar-refractivity contribution < 1.29 is 9.53 Å². The molecule has 5 heteroatoms. The smallest absolute Gasteiger partial charge is 0.307 e. The van der Waals surface area contributed by atoms with Crippen molar-refractivity contribution in [2.75, 3.05) is 13.2 Å². The number of nitrogens with one attached hydrogen (secondary N) is 1. The lowest BCUT2D eigenvalue weighted by atomic mass is 10.1. The summed E-state index contributed by atoms with van der Waals surface area (Å²) in [4.78, 5) is 15.6. The van der Waals surface area contributed by atoms with Gasteiger partial charge in [-0.25, -0.2) is 4.98 Å². The molecule has 4 nitrogen and oxygen atoms in total. The minimum absolute atomic E-state index is 0.191. The molecule has 0 bridgehead atoms. The molecule has 0 saturated heterocycles. The van der Waals surface area contributed by atoms with Gasteiger partial charge < -0.3 is 10.1 Å². The molecule has 21 heavy (non-hydrogen) atoms. The molecule has 1 aromatic heterocycles. The van der Waals surface area contributed by atoms with Gasteiger partial charge in [0, 0.05) is 24.0 Å². The molecule has 0 fully saturated rings. The molecule has 0 amide bonds. The zero-order valence-electron chi connectivity index (χ0n) is 12.3. The Balaban J connectivity index is 1.97. The number of halogens is 1. The summed E-state index contributed by atoms with van der Waals surface area (Å²) < 4.78 is 4.87. The maximum atomic E-state index is 11.2. The van der Waals surface area contributed by atoms with Crippen LogP contribution in [0.2, 0.25) is 5.15 Å². The number of aryl methyl sites for hydroxylation is 1. The first-order valence-electron chi connectivity index (χ1n) is 7.02. The monoisotopic (exact) mass is 306 g/mol. The topological polar surface area (TPSA) is 51.2 Å². The lowest BCUT2D eigenvalue weighted by Crippen LogP contribution is -2.19. The van der Waals surface area contributed by atoms with Gasteiger partial charge in [0.1, 0.15) is 5.15 Å². The predicted molar refractivity (Wildman–Crippen MR) is 84.4 cm³/mol. The lowest BCUT2D eigenvalue weighted by molar-refractivity contribution is -0.142. The molecular weight excluding hydrogens is 288 g/mol. The normalized spacial score (nSPS) is 10.8. The Bertz CT molecular complexity index is 643. The SMILES string of the molecule is CCOC(=O)CCNCc1cc2ccc(C)cc2nc1Cl. The Morgan fingerprint density at radius 1 is 1.38 bits per heavy atom. The van der Waals surface area contributed by atoms with Crippen LogP contribution >= 0.6 is 11.6 Å². The first-order chi connectivity index (χ1) is 10.1. The Hall–Kier alpha value is -1.65. The van der Waals surface area contributed by atoms with E-state index < -0.39 is 0 Å². The molecule has 0 unspecified atom stereocenters. The van der Waals surface area contributed by atoms with Crippen molar-refractivity contribution in [2.24, 2.45) is 0 Å². The number of carbonyl (C=O) groups excluding carboxylic acids is 1. The minimum atomic E-state index is -0.191. The zero-order chi connectivity index (χ0) is 15.2. The molecule has 2 rings (SSSR count). The second-order valence-electron chi connectivity index (χ2n) is 4.87. The van der Waals surface area contributed by atoms with Crippen LogP contribution in [0.15, 0.2) is 24.3 Å². The van der Waals surface area contributed by atoms with Crippen LogP contribution in [0.4, 0.5) is 0 Å². The highest BCUT2D eigenvalue weighted by atomic mass is 35.5.